The molecule has 0 unspecified atom stereocenters. The first-order chi connectivity index (χ1) is 14.0. The van der Waals surface area contributed by atoms with Crippen molar-refractivity contribution in [2.75, 3.05) is 32.8 Å². The van der Waals surface area contributed by atoms with E-state index in [-0.39, 0.29) is 26.5 Å². The number of nitrogens with two attached hydrogens (primary N) is 1. The van der Waals surface area contributed by atoms with Crippen LogP contribution in [0.3, 0.4) is 0 Å². The van der Waals surface area contributed by atoms with Gasteiger partial charge in [0, 0.05) is 49.0 Å². The molecule has 0 radical (unpaired) electrons. The molecule has 0 bridgehead atoms. The summed E-state index contributed by atoms with van der Waals surface area (Å²) in [6.45, 7) is 6.05. The number of carbonyl (C=O) groups excluding carboxylic acids is 1. The summed E-state index contributed by atoms with van der Waals surface area (Å²) in [5, 5.41) is 7.70. The molecular weight excluding hydrogens is 390 g/mol. The first kappa shape index (κ1) is 26.1. The van der Waals surface area contributed by atoms with Gasteiger partial charge < -0.3 is 20.9 Å². The number of allylic oxidation sites excluding steroid dienone is 3. The predicted molar refractivity (Wildman–Crippen MR) is 128 cm³/mol. The molecule has 2 aliphatic rings. The number of hydrogen-bond donors (Lipinski definition) is 3. The van der Waals surface area contributed by atoms with Crippen molar-refractivity contribution in [1.82, 2.24) is 9.88 Å². The Morgan fingerprint density at radius 2 is 2.13 bits per heavy atom. The fourth-order valence-electron chi connectivity index (χ4n) is 3.65. The SMILES string of the molecule is C.C.C#CC1=CCC(N=C(N)c2c(C=N)[nH]c(C(=O)CCCN3CCOCC3)c2C)=C1. The normalized spacial score (nSPS) is 16.5. The number of nitrogens with one attached hydrogen (secondary N) is 2. The van der Waals surface area contributed by atoms with Crippen molar-refractivity contribution in [2.45, 2.75) is 41.0 Å². The van der Waals surface area contributed by atoms with Gasteiger partial charge in [-0.05, 0) is 31.5 Å². The van der Waals surface area contributed by atoms with Gasteiger partial charge in [0.2, 0.25) is 0 Å². The van der Waals surface area contributed by atoms with Gasteiger partial charge in [-0.1, -0.05) is 26.8 Å². The maximum absolute atomic E-state index is 12.8. The lowest BCUT2D eigenvalue weighted by molar-refractivity contribution is 0.0371. The number of H-pyrrole nitrogens is 1. The monoisotopic (exact) mass is 425 g/mol. The fourth-order valence-corrected chi connectivity index (χ4v) is 3.65. The zero-order valence-electron chi connectivity index (χ0n) is 16.8. The van der Waals surface area contributed by atoms with Gasteiger partial charge in [0.05, 0.1) is 24.6 Å². The molecule has 1 aliphatic heterocycles. The number of aliphatic imine (C=N–C) groups is 1. The minimum absolute atomic E-state index is 0. The van der Waals surface area contributed by atoms with Crippen LogP contribution in [-0.2, 0) is 4.74 Å². The van der Waals surface area contributed by atoms with Crippen molar-refractivity contribution in [3.05, 3.63) is 45.9 Å². The number of Topliss-reactive ketones (excluding diaryl/α,β-unsaturated/α-hetero) is 1. The molecule has 1 saturated heterocycles. The van der Waals surface area contributed by atoms with E-state index in [0.717, 1.165) is 56.1 Å². The molecule has 31 heavy (non-hydrogen) atoms. The van der Waals surface area contributed by atoms with Crippen LogP contribution in [0, 0.1) is 24.7 Å². The summed E-state index contributed by atoms with van der Waals surface area (Å²) in [7, 11) is 0. The van der Waals surface area contributed by atoms with E-state index in [9.17, 15) is 4.79 Å². The highest BCUT2D eigenvalue weighted by molar-refractivity contribution is 6.09. The summed E-state index contributed by atoms with van der Waals surface area (Å²) >= 11 is 0. The highest BCUT2D eigenvalue weighted by atomic mass is 16.5. The van der Waals surface area contributed by atoms with Crippen LogP contribution in [-0.4, -0.2) is 60.6 Å². The van der Waals surface area contributed by atoms with Crippen molar-refractivity contribution in [3.8, 4) is 12.3 Å². The second-order valence-electron chi connectivity index (χ2n) is 7.18. The summed E-state index contributed by atoms with van der Waals surface area (Å²) in [5.41, 5.74) is 10.1. The van der Waals surface area contributed by atoms with Crippen molar-refractivity contribution in [2.24, 2.45) is 10.7 Å². The number of aromatic amines is 1. The number of hydrogen-bond acceptors (Lipinski definition) is 5. The lowest BCUT2D eigenvalue weighted by Gasteiger charge is -2.26. The minimum atomic E-state index is 0. The Morgan fingerprint density at radius 1 is 1.42 bits per heavy atom. The number of ketones is 1. The van der Waals surface area contributed by atoms with E-state index in [1.54, 1.807) is 0 Å². The number of nitrogens with zero attached hydrogens (tertiary/aromatic N) is 2. The number of terminal acetylenes is 1. The molecule has 168 valence electrons. The molecule has 0 atom stereocenters. The zero-order valence-corrected chi connectivity index (χ0v) is 16.8. The fraction of sp³-hybridized carbons (Fsp3) is 0.458. The average Bonchev–Trinajstić information content (AvgIpc) is 3.32. The van der Waals surface area contributed by atoms with Crippen LogP contribution in [0.5, 0.6) is 0 Å². The molecule has 1 fully saturated rings. The van der Waals surface area contributed by atoms with Crippen LogP contribution in [0.4, 0.5) is 0 Å². The Labute approximate surface area is 186 Å². The Bertz CT molecular complexity index is 925. The maximum atomic E-state index is 12.8. The second-order valence-corrected chi connectivity index (χ2v) is 7.18. The largest absolute Gasteiger partial charge is 0.383 e. The molecular formula is C24H35N5O2. The van der Waals surface area contributed by atoms with E-state index < -0.39 is 0 Å². The first-order valence-corrected chi connectivity index (χ1v) is 9.81. The van der Waals surface area contributed by atoms with Crippen LogP contribution >= 0.6 is 0 Å². The highest BCUT2D eigenvalue weighted by Gasteiger charge is 2.21. The lowest BCUT2D eigenvalue weighted by atomic mass is 10.0. The van der Waals surface area contributed by atoms with E-state index in [1.807, 2.05) is 19.1 Å². The number of morpholine rings is 1. The quantitative estimate of drug-likeness (QED) is 0.257. The summed E-state index contributed by atoms with van der Waals surface area (Å²) in [5.74, 6) is 2.88. The highest BCUT2D eigenvalue weighted by Crippen LogP contribution is 2.22. The molecule has 7 nitrogen and oxygen atoms in total. The van der Waals surface area contributed by atoms with E-state index in [4.69, 9.17) is 22.3 Å². The Balaban J connectivity index is 0.00000240. The maximum Gasteiger partial charge on any atom is 0.179 e. The standard InChI is InChI=1S/C22H27N5O2.2CH4/c1-3-16-6-7-17(13-16)25-22(24)20-15(2)21(26-18(20)14-23)19(28)5-4-8-27-9-11-29-12-10-27;;/h1,6,13-14,23,26H,4-5,7-12H2,2H3,(H2,24,25);2*1H4. The molecule has 1 aliphatic carbocycles. The molecule has 1 aromatic heterocycles. The Hall–Kier alpha value is -2.95. The Morgan fingerprint density at radius 3 is 2.74 bits per heavy atom. The van der Waals surface area contributed by atoms with Gasteiger partial charge in [-0.2, -0.15) is 0 Å². The van der Waals surface area contributed by atoms with Gasteiger partial charge in [0.25, 0.3) is 0 Å². The first-order valence-electron chi connectivity index (χ1n) is 9.81. The molecule has 4 N–H and O–H groups in total. The molecule has 2 heterocycles. The van der Waals surface area contributed by atoms with Crippen molar-refractivity contribution < 1.29 is 9.53 Å². The molecule has 0 saturated carbocycles. The third kappa shape index (κ3) is 6.27. The summed E-state index contributed by atoms with van der Waals surface area (Å²) in [6, 6.07) is 0. The van der Waals surface area contributed by atoms with E-state index in [2.05, 4.69) is 20.8 Å². The van der Waals surface area contributed by atoms with Crippen molar-refractivity contribution >= 4 is 17.8 Å². The van der Waals surface area contributed by atoms with Crippen LogP contribution in [0.2, 0.25) is 0 Å². The lowest BCUT2D eigenvalue weighted by Crippen LogP contribution is -2.36. The summed E-state index contributed by atoms with van der Waals surface area (Å²) in [6.07, 6.45) is 12.1. The predicted octanol–water partition coefficient (Wildman–Crippen LogP) is 3.44. The summed E-state index contributed by atoms with van der Waals surface area (Å²) < 4.78 is 5.35. The molecule has 0 spiro atoms. The smallest absolute Gasteiger partial charge is 0.179 e. The zero-order chi connectivity index (χ0) is 20.8. The molecule has 7 heteroatoms. The van der Waals surface area contributed by atoms with E-state index in [0.29, 0.717) is 29.8 Å². The molecule has 0 aromatic carbocycles. The topological polar surface area (TPSA) is 108 Å². The van der Waals surface area contributed by atoms with Gasteiger partial charge in [-0.25, -0.2) is 4.99 Å². The van der Waals surface area contributed by atoms with Crippen LogP contribution < -0.4 is 5.73 Å². The minimum Gasteiger partial charge on any atom is -0.383 e. The third-order valence-corrected chi connectivity index (χ3v) is 5.22. The molecule has 0 amide bonds. The second kappa shape index (κ2) is 12.0. The van der Waals surface area contributed by atoms with Gasteiger partial charge in [0.1, 0.15) is 5.84 Å². The van der Waals surface area contributed by atoms with E-state index >= 15 is 0 Å². The van der Waals surface area contributed by atoms with Gasteiger partial charge >= 0.3 is 0 Å². The van der Waals surface area contributed by atoms with Gasteiger partial charge in [-0.15, -0.1) is 6.42 Å². The van der Waals surface area contributed by atoms with E-state index in [1.165, 1.54) is 6.21 Å². The van der Waals surface area contributed by atoms with Crippen molar-refractivity contribution in [1.29, 1.82) is 5.41 Å². The van der Waals surface area contributed by atoms with Crippen molar-refractivity contribution in [3.63, 3.8) is 0 Å². The molecule has 3 rings (SSSR count). The molecule has 1 aromatic rings. The number of rotatable bonds is 8. The van der Waals surface area contributed by atoms with Gasteiger partial charge in [0.15, 0.2) is 5.78 Å². The number of aromatic nitrogens is 1. The average molecular weight is 426 g/mol. The van der Waals surface area contributed by atoms with Crippen LogP contribution in [0.25, 0.3) is 0 Å². The number of amidine groups is 1. The number of ether oxygens (including phenoxy) is 1. The van der Waals surface area contributed by atoms with Crippen LogP contribution in [0.1, 0.15) is 61.4 Å². The van der Waals surface area contributed by atoms with Crippen LogP contribution in [0.15, 0.2) is 28.4 Å². The third-order valence-electron chi connectivity index (χ3n) is 5.22. The summed E-state index contributed by atoms with van der Waals surface area (Å²) in [4.78, 5) is 22.6. The number of carbonyl (C=O) groups is 1. The Kier molecular flexibility index (Phi) is 10.1. The van der Waals surface area contributed by atoms with Gasteiger partial charge in [-0.3, -0.25) is 9.69 Å².